The second kappa shape index (κ2) is 7.82. The summed E-state index contributed by atoms with van der Waals surface area (Å²) in [6, 6.07) is 3.77. The second-order valence-electron chi connectivity index (χ2n) is 6.11. The van der Waals surface area contributed by atoms with Crippen molar-refractivity contribution in [2.45, 2.75) is 12.8 Å². The number of nitrogens with zero attached hydrogens (tertiary/aromatic N) is 4. The highest BCUT2D eigenvalue weighted by molar-refractivity contribution is 5.54. The molecule has 28 heavy (non-hydrogen) atoms. The van der Waals surface area contributed by atoms with Crippen LogP contribution in [0.1, 0.15) is 22.3 Å². The summed E-state index contributed by atoms with van der Waals surface area (Å²) in [5.74, 6) is 2.09. The van der Waals surface area contributed by atoms with Crippen molar-refractivity contribution in [2.75, 3.05) is 37.2 Å². The summed E-state index contributed by atoms with van der Waals surface area (Å²) in [4.78, 5) is 16.1. The van der Waals surface area contributed by atoms with Crippen molar-refractivity contribution in [3.8, 4) is 11.5 Å². The summed E-state index contributed by atoms with van der Waals surface area (Å²) in [7, 11) is 3.15. The first-order chi connectivity index (χ1) is 13.4. The topological polar surface area (TPSA) is 174 Å². The summed E-state index contributed by atoms with van der Waals surface area (Å²) in [5.41, 5.74) is 26.5. The molecule has 0 saturated heterocycles. The van der Waals surface area contributed by atoms with E-state index in [-0.39, 0.29) is 11.9 Å². The van der Waals surface area contributed by atoms with Crippen molar-refractivity contribution in [3.63, 3.8) is 0 Å². The molecular weight excluding hydrogens is 360 g/mol. The van der Waals surface area contributed by atoms with Crippen molar-refractivity contribution in [1.29, 1.82) is 0 Å². The van der Waals surface area contributed by atoms with Crippen LogP contribution >= 0.6 is 0 Å². The van der Waals surface area contributed by atoms with Crippen LogP contribution < -0.4 is 32.4 Å². The minimum atomic E-state index is 0.126. The fourth-order valence-electron chi connectivity index (χ4n) is 2.84. The number of hydrogen-bond donors (Lipinski definition) is 4. The molecule has 0 aliphatic rings. The van der Waals surface area contributed by atoms with E-state index in [0.717, 1.165) is 22.3 Å². The molecule has 3 rings (SSSR count). The molecule has 0 saturated carbocycles. The number of ether oxygens (including phenoxy) is 2. The zero-order valence-electron chi connectivity index (χ0n) is 15.6. The molecule has 0 unspecified atom stereocenters. The molecular formula is C18H22N8O2. The molecule has 0 aliphatic heterocycles. The molecule has 2 heterocycles. The summed E-state index contributed by atoms with van der Waals surface area (Å²) >= 11 is 0. The smallest absolute Gasteiger partial charge is 0.221 e. The van der Waals surface area contributed by atoms with Gasteiger partial charge >= 0.3 is 0 Å². The Kier molecular flexibility index (Phi) is 5.30. The maximum atomic E-state index is 6.00. The highest BCUT2D eigenvalue weighted by Crippen LogP contribution is 2.33. The first-order valence-electron chi connectivity index (χ1n) is 8.38. The van der Waals surface area contributed by atoms with Crippen molar-refractivity contribution < 1.29 is 9.47 Å². The molecule has 8 N–H and O–H groups in total. The Balaban J connectivity index is 2.05. The lowest BCUT2D eigenvalue weighted by Gasteiger charge is -2.16. The van der Waals surface area contributed by atoms with Crippen LogP contribution in [0, 0.1) is 0 Å². The van der Waals surface area contributed by atoms with E-state index in [9.17, 15) is 0 Å². The van der Waals surface area contributed by atoms with Crippen LogP contribution in [0.15, 0.2) is 24.5 Å². The number of anilines is 4. The molecule has 146 valence electrons. The quantitative estimate of drug-likeness (QED) is 0.477. The van der Waals surface area contributed by atoms with Crippen LogP contribution in [0.2, 0.25) is 0 Å². The molecule has 2 aromatic heterocycles. The van der Waals surface area contributed by atoms with Crippen LogP contribution in [-0.4, -0.2) is 34.2 Å². The minimum absolute atomic E-state index is 0.126. The lowest BCUT2D eigenvalue weighted by molar-refractivity contribution is 0.354. The third kappa shape index (κ3) is 3.95. The molecule has 1 aromatic carbocycles. The SMILES string of the molecule is COc1cc(Cc2cnc(N)nc2N)c(Cc2cnc(N)nc2N)cc1OC. The van der Waals surface area contributed by atoms with E-state index in [1.54, 1.807) is 26.6 Å². The van der Waals surface area contributed by atoms with Crippen LogP contribution in [0.25, 0.3) is 0 Å². The number of rotatable bonds is 6. The van der Waals surface area contributed by atoms with E-state index < -0.39 is 0 Å². The summed E-state index contributed by atoms with van der Waals surface area (Å²) < 4.78 is 10.9. The highest BCUT2D eigenvalue weighted by atomic mass is 16.5. The van der Waals surface area contributed by atoms with Crippen LogP contribution in [0.4, 0.5) is 23.5 Å². The zero-order valence-corrected chi connectivity index (χ0v) is 15.6. The molecule has 0 aliphatic carbocycles. The Labute approximate surface area is 161 Å². The van der Waals surface area contributed by atoms with Gasteiger partial charge < -0.3 is 32.4 Å². The number of methoxy groups -OCH3 is 2. The molecule has 10 heteroatoms. The van der Waals surface area contributed by atoms with Gasteiger partial charge in [0.05, 0.1) is 14.2 Å². The van der Waals surface area contributed by atoms with E-state index in [0.29, 0.717) is 36.0 Å². The van der Waals surface area contributed by atoms with Gasteiger partial charge in [-0.3, -0.25) is 0 Å². The van der Waals surface area contributed by atoms with Crippen molar-refractivity contribution in [3.05, 3.63) is 46.8 Å². The van der Waals surface area contributed by atoms with Crippen LogP contribution in [0.3, 0.4) is 0 Å². The molecule has 10 nitrogen and oxygen atoms in total. The first-order valence-corrected chi connectivity index (χ1v) is 8.38. The van der Waals surface area contributed by atoms with E-state index in [2.05, 4.69) is 19.9 Å². The lowest BCUT2D eigenvalue weighted by atomic mass is 9.95. The first kappa shape index (κ1) is 19.0. The van der Waals surface area contributed by atoms with Gasteiger partial charge in [-0.15, -0.1) is 0 Å². The summed E-state index contributed by atoms with van der Waals surface area (Å²) in [6.07, 6.45) is 4.16. The number of nitrogen functional groups attached to an aromatic ring is 4. The van der Waals surface area contributed by atoms with Crippen LogP contribution in [-0.2, 0) is 12.8 Å². The molecule has 0 fully saturated rings. The largest absolute Gasteiger partial charge is 0.493 e. The number of aromatic nitrogens is 4. The highest BCUT2D eigenvalue weighted by Gasteiger charge is 2.15. The standard InChI is InChI=1S/C18H22N8O2/c1-27-13-5-9(3-11-7-23-17(21)25-15(11)19)10(6-14(13)28-2)4-12-8-24-18(22)26-16(12)20/h5-8H,3-4H2,1-2H3,(H4,19,21,23,25)(H4,20,22,24,26). The van der Waals surface area contributed by atoms with E-state index >= 15 is 0 Å². The number of nitrogens with two attached hydrogens (primary N) is 4. The average Bonchev–Trinajstić information content (AvgIpc) is 2.66. The lowest BCUT2D eigenvalue weighted by Crippen LogP contribution is -2.08. The fourth-order valence-corrected chi connectivity index (χ4v) is 2.84. The summed E-state index contributed by atoms with van der Waals surface area (Å²) in [6.45, 7) is 0. The predicted molar refractivity (Wildman–Crippen MR) is 107 cm³/mol. The predicted octanol–water partition coefficient (Wildman–Crippen LogP) is 0.794. The number of benzene rings is 1. The van der Waals surface area contributed by atoms with Crippen molar-refractivity contribution in [2.24, 2.45) is 0 Å². The zero-order chi connectivity index (χ0) is 20.3. The van der Waals surface area contributed by atoms with Crippen molar-refractivity contribution in [1.82, 2.24) is 19.9 Å². The van der Waals surface area contributed by atoms with Gasteiger partial charge in [-0.2, -0.15) is 9.97 Å². The maximum Gasteiger partial charge on any atom is 0.221 e. The maximum absolute atomic E-state index is 6.00. The van der Waals surface area contributed by atoms with Gasteiger partial charge in [-0.1, -0.05) is 0 Å². The van der Waals surface area contributed by atoms with Gasteiger partial charge in [-0.25, -0.2) is 9.97 Å². The van der Waals surface area contributed by atoms with E-state index in [1.807, 2.05) is 12.1 Å². The van der Waals surface area contributed by atoms with Gasteiger partial charge in [0.15, 0.2) is 11.5 Å². The Hall–Kier alpha value is -3.82. The Morgan fingerprint density at radius 1 is 0.679 bits per heavy atom. The monoisotopic (exact) mass is 382 g/mol. The average molecular weight is 382 g/mol. The van der Waals surface area contributed by atoms with Gasteiger partial charge in [0.1, 0.15) is 11.6 Å². The third-order valence-corrected chi connectivity index (χ3v) is 4.30. The Morgan fingerprint density at radius 3 is 1.39 bits per heavy atom. The Morgan fingerprint density at radius 2 is 1.07 bits per heavy atom. The van der Waals surface area contributed by atoms with Gasteiger partial charge in [0.2, 0.25) is 11.9 Å². The van der Waals surface area contributed by atoms with Crippen LogP contribution in [0.5, 0.6) is 11.5 Å². The molecule has 0 atom stereocenters. The molecule has 0 radical (unpaired) electrons. The second-order valence-corrected chi connectivity index (χ2v) is 6.11. The molecule has 0 spiro atoms. The summed E-state index contributed by atoms with van der Waals surface area (Å²) in [5, 5.41) is 0. The van der Waals surface area contributed by atoms with E-state index in [4.69, 9.17) is 32.4 Å². The normalized spacial score (nSPS) is 10.6. The van der Waals surface area contributed by atoms with E-state index in [1.165, 1.54) is 0 Å². The minimum Gasteiger partial charge on any atom is -0.493 e. The fraction of sp³-hybridized carbons (Fsp3) is 0.222. The molecule has 0 amide bonds. The van der Waals surface area contributed by atoms with Crippen molar-refractivity contribution >= 4 is 23.5 Å². The molecule has 0 bridgehead atoms. The Bertz CT molecular complexity index is 929. The van der Waals surface area contributed by atoms with Gasteiger partial charge in [0.25, 0.3) is 0 Å². The number of hydrogen-bond acceptors (Lipinski definition) is 10. The van der Waals surface area contributed by atoms with Gasteiger partial charge in [0, 0.05) is 36.4 Å². The van der Waals surface area contributed by atoms with Gasteiger partial charge in [-0.05, 0) is 23.3 Å². The molecule has 3 aromatic rings. The third-order valence-electron chi connectivity index (χ3n) is 4.30.